The number of hydrogen-bond donors (Lipinski definition) is 1. The Kier molecular flexibility index (Phi) is 11.9. The van der Waals surface area contributed by atoms with Gasteiger partial charge in [0.25, 0.3) is 0 Å². The molecule has 0 aliphatic carbocycles. The van der Waals surface area contributed by atoms with Gasteiger partial charge < -0.3 is 10.6 Å². The van der Waals surface area contributed by atoms with Crippen molar-refractivity contribution < 1.29 is 0 Å². The highest BCUT2D eigenvalue weighted by Gasteiger charge is 2.02. The molecule has 0 atom stereocenters. The summed E-state index contributed by atoms with van der Waals surface area (Å²) in [6.07, 6.45) is 9.25. The Hall–Kier alpha value is -0.0800. The van der Waals surface area contributed by atoms with E-state index in [0.29, 0.717) is 0 Å². The molecule has 0 fully saturated rings. The minimum atomic E-state index is 0.831. The normalized spacial score (nSPS) is 11.2. The number of hydrogen-bond acceptors (Lipinski definition) is 2. The summed E-state index contributed by atoms with van der Waals surface area (Å²) in [5.41, 5.74) is 5.56. The molecule has 0 spiro atoms. The molecule has 0 aromatic rings. The molecule has 0 radical (unpaired) electrons. The Labute approximate surface area is 96.2 Å². The highest BCUT2D eigenvalue weighted by molar-refractivity contribution is 4.58. The first-order valence-corrected chi connectivity index (χ1v) is 6.77. The third-order valence-corrected chi connectivity index (χ3v) is 2.83. The molecular weight excluding hydrogens is 184 g/mol. The van der Waals surface area contributed by atoms with Gasteiger partial charge in [0.1, 0.15) is 0 Å². The average Bonchev–Trinajstić information content (AvgIpc) is 2.27. The lowest BCUT2D eigenvalue weighted by Gasteiger charge is -2.21. The van der Waals surface area contributed by atoms with Gasteiger partial charge in [-0.2, -0.15) is 0 Å². The zero-order chi connectivity index (χ0) is 11.4. The first-order chi connectivity index (χ1) is 7.35. The lowest BCUT2D eigenvalue weighted by atomic mass is 10.2. The van der Waals surface area contributed by atoms with Crippen molar-refractivity contribution in [3.8, 4) is 0 Å². The Balaban J connectivity index is 3.49. The second-order valence-corrected chi connectivity index (χ2v) is 4.40. The van der Waals surface area contributed by atoms with Crippen LogP contribution in [-0.4, -0.2) is 31.1 Å². The predicted molar refractivity (Wildman–Crippen MR) is 69.2 cm³/mol. The Bertz CT molecular complexity index is 107. The van der Waals surface area contributed by atoms with Crippen molar-refractivity contribution in [1.82, 2.24) is 4.90 Å². The van der Waals surface area contributed by atoms with E-state index >= 15 is 0 Å². The SMILES string of the molecule is CCCCCCN(CCCC)CCCN. The van der Waals surface area contributed by atoms with Crippen LogP contribution in [0.5, 0.6) is 0 Å². The summed E-state index contributed by atoms with van der Waals surface area (Å²) < 4.78 is 0. The molecule has 0 aliphatic heterocycles. The van der Waals surface area contributed by atoms with Crippen molar-refractivity contribution in [3.05, 3.63) is 0 Å². The summed E-state index contributed by atoms with van der Waals surface area (Å²) in [4.78, 5) is 2.59. The van der Waals surface area contributed by atoms with E-state index in [2.05, 4.69) is 18.7 Å². The quantitative estimate of drug-likeness (QED) is 0.536. The van der Waals surface area contributed by atoms with E-state index in [-0.39, 0.29) is 0 Å². The highest BCUT2D eigenvalue weighted by Crippen LogP contribution is 2.03. The second kappa shape index (κ2) is 12.0. The van der Waals surface area contributed by atoms with Crippen LogP contribution in [0.2, 0.25) is 0 Å². The third kappa shape index (κ3) is 10.2. The van der Waals surface area contributed by atoms with E-state index in [1.54, 1.807) is 0 Å². The summed E-state index contributed by atoms with van der Waals surface area (Å²) in [7, 11) is 0. The van der Waals surface area contributed by atoms with Crippen LogP contribution < -0.4 is 5.73 Å². The molecule has 0 aliphatic rings. The lowest BCUT2D eigenvalue weighted by Crippen LogP contribution is -2.28. The Morgan fingerprint density at radius 1 is 0.733 bits per heavy atom. The highest BCUT2D eigenvalue weighted by atomic mass is 15.1. The molecule has 0 bridgehead atoms. The van der Waals surface area contributed by atoms with E-state index < -0.39 is 0 Å². The zero-order valence-electron chi connectivity index (χ0n) is 10.8. The molecular formula is C13H30N2. The Morgan fingerprint density at radius 3 is 1.93 bits per heavy atom. The van der Waals surface area contributed by atoms with Gasteiger partial charge in [-0.15, -0.1) is 0 Å². The average molecular weight is 214 g/mol. The van der Waals surface area contributed by atoms with Gasteiger partial charge in [-0.05, 0) is 45.4 Å². The van der Waals surface area contributed by atoms with Crippen LogP contribution in [0.3, 0.4) is 0 Å². The maximum Gasteiger partial charge on any atom is -0.000672 e. The Morgan fingerprint density at radius 2 is 1.33 bits per heavy atom. The standard InChI is InChI=1S/C13H30N2/c1-3-5-7-8-12-15(11-6-4-2)13-9-10-14/h3-14H2,1-2H3. The molecule has 0 rings (SSSR count). The van der Waals surface area contributed by atoms with Gasteiger partial charge in [0.05, 0.1) is 0 Å². The van der Waals surface area contributed by atoms with Crippen molar-refractivity contribution >= 4 is 0 Å². The van der Waals surface area contributed by atoms with Crippen molar-refractivity contribution in [2.24, 2.45) is 5.73 Å². The van der Waals surface area contributed by atoms with Gasteiger partial charge in [0, 0.05) is 0 Å². The van der Waals surface area contributed by atoms with Crippen LogP contribution in [0.25, 0.3) is 0 Å². The van der Waals surface area contributed by atoms with Gasteiger partial charge >= 0.3 is 0 Å². The molecule has 2 heteroatoms. The molecule has 2 N–H and O–H groups in total. The molecule has 2 nitrogen and oxygen atoms in total. The maximum atomic E-state index is 5.56. The van der Waals surface area contributed by atoms with Crippen molar-refractivity contribution in [3.63, 3.8) is 0 Å². The molecule has 15 heavy (non-hydrogen) atoms. The van der Waals surface area contributed by atoms with Gasteiger partial charge in [-0.3, -0.25) is 0 Å². The van der Waals surface area contributed by atoms with Gasteiger partial charge in [0.2, 0.25) is 0 Å². The topological polar surface area (TPSA) is 29.3 Å². The first kappa shape index (κ1) is 14.9. The van der Waals surface area contributed by atoms with Gasteiger partial charge in [-0.25, -0.2) is 0 Å². The molecule has 0 saturated carbocycles. The van der Waals surface area contributed by atoms with Crippen LogP contribution in [0.15, 0.2) is 0 Å². The molecule has 0 heterocycles. The van der Waals surface area contributed by atoms with Crippen molar-refractivity contribution in [2.75, 3.05) is 26.2 Å². The van der Waals surface area contributed by atoms with Gasteiger partial charge in [0.15, 0.2) is 0 Å². The molecule has 0 amide bonds. The van der Waals surface area contributed by atoms with E-state index in [1.165, 1.54) is 58.2 Å². The van der Waals surface area contributed by atoms with E-state index in [0.717, 1.165) is 13.0 Å². The van der Waals surface area contributed by atoms with Crippen LogP contribution in [0, 0.1) is 0 Å². The summed E-state index contributed by atoms with van der Waals surface area (Å²) in [5, 5.41) is 0. The summed E-state index contributed by atoms with van der Waals surface area (Å²) >= 11 is 0. The van der Waals surface area contributed by atoms with E-state index in [1.807, 2.05) is 0 Å². The fourth-order valence-electron chi connectivity index (χ4n) is 1.79. The minimum Gasteiger partial charge on any atom is -0.330 e. The van der Waals surface area contributed by atoms with Crippen LogP contribution in [-0.2, 0) is 0 Å². The molecule has 0 aromatic carbocycles. The van der Waals surface area contributed by atoms with Crippen LogP contribution >= 0.6 is 0 Å². The zero-order valence-corrected chi connectivity index (χ0v) is 10.8. The predicted octanol–water partition coefficient (Wildman–Crippen LogP) is 3.02. The summed E-state index contributed by atoms with van der Waals surface area (Å²) in [6, 6.07) is 0. The van der Waals surface area contributed by atoms with Crippen molar-refractivity contribution in [2.45, 2.75) is 58.8 Å². The van der Waals surface area contributed by atoms with Crippen LogP contribution in [0.4, 0.5) is 0 Å². The summed E-state index contributed by atoms with van der Waals surface area (Å²) in [5.74, 6) is 0. The fourth-order valence-corrected chi connectivity index (χ4v) is 1.79. The van der Waals surface area contributed by atoms with E-state index in [4.69, 9.17) is 5.73 Å². The maximum absolute atomic E-state index is 5.56. The molecule has 0 unspecified atom stereocenters. The van der Waals surface area contributed by atoms with Gasteiger partial charge in [-0.1, -0.05) is 39.5 Å². The molecule has 0 saturated heterocycles. The van der Waals surface area contributed by atoms with E-state index in [9.17, 15) is 0 Å². The third-order valence-electron chi connectivity index (χ3n) is 2.83. The monoisotopic (exact) mass is 214 g/mol. The minimum absolute atomic E-state index is 0.831. The number of nitrogens with two attached hydrogens (primary N) is 1. The lowest BCUT2D eigenvalue weighted by molar-refractivity contribution is 0.261. The number of unbranched alkanes of at least 4 members (excludes halogenated alkanes) is 4. The fraction of sp³-hybridized carbons (Fsp3) is 1.00. The van der Waals surface area contributed by atoms with Crippen LogP contribution in [0.1, 0.15) is 58.8 Å². The molecule has 0 aromatic heterocycles. The largest absolute Gasteiger partial charge is 0.330 e. The first-order valence-electron chi connectivity index (χ1n) is 6.77. The number of nitrogens with zero attached hydrogens (tertiary/aromatic N) is 1. The smallest absolute Gasteiger partial charge is 0.000672 e. The summed E-state index contributed by atoms with van der Waals surface area (Å²) in [6.45, 7) is 9.10. The van der Waals surface area contributed by atoms with Crippen molar-refractivity contribution in [1.29, 1.82) is 0 Å². The number of rotatable bonds is 11. The second-order valence-electron chi connectivity index (χ2n) is 4.40. The molecule has 92 valence electrons.